The highest BCUT2D eigenvalue weighted by Crippen LogP contribution is 2.30. The van der Waals surface area contributed by atoms with Crippen molar-refractivity contribution in [1.82, 2.24) is 20.1 Å². The molecule has 0 saturated carbocycles. The molecule has 1 atom stereocenters. The van der Waals surface area contributed by atoms with Gasteiger partial charge >= 0.3 is 0 Å². The number of hydrogen-bond acceptors (Lipinski definition) is 7. The van der Waals surface area contributed by atoms with Crippen molar-refractivity contribution >= 4 is 5.82 Å². The molecule has 1 saturated heterocycles. The van der Waals surface area contributed by atoms with Crippen molar-refractivity contribution in [2.24, 2.45) is 0 Å². The highest BCUT2D eigenvalue weighted by atomic mass is 16.5. The fraction of sp³-hybridized carbons (Fsp3) is 0.294. The average Bonchev–Trinajstić information content (AvgIpc) is 3.25. The van der Waals surface area contributed by atoms with Gasteiger partial charge in [0.25, 0.3) is 5.89 Å². The fourth-order valence-electron chi connectivity index (χ4n) is 2.85. The summed E-state index contributed by atoms with van der Waals surface area (Å²) in [7, 11) is 0. The molecule has 0 amide bonds. The van der Waals surface area contributed by atoms with Crippen molar-refractivity contribution in [2.45, 2.75) is 19.4 Å². The number of hydrogen-bond donors (Lipinski definition) is 0. The van der Waals surface area contributed by atoms with Gasteiger partial charge in [-0.25, -0.2) is 4.98 Å². The molecule has 3 aromatic rings. The lowest BCUT2D eigenvalue weighted by molar-refractivity contribution is 0.224. The first kappa shape index (κ1) is 14.6. The van der Waals surface area contributed by atoms with E-state index in [1.54, 1.807) is 25.5 Å². The molecule has 0 bridgehead atoms. The number of aryl methyl sites for hydroxylation is 1. The molecule has 1 aliphatic heterocycles. The summed E-state index contributed by atoms with van der Waals surface area (Å²) in [6, 6.07) is 7.61. The molecule has 0 N–H and O–H groups in total. The van der Waals surface area contributed by atoms with E-state index in [2.05, 4.69) is 25.0 Å². The number of rotatable bonds is 4. The van der Waals surface area contributed by atoms with E-state index in [-0.39, 0.29) is 6.10 Å². The molecular formula is C17H17N5O2. The van der Waals surface area contributed by atoms with Crippen LogP contribution >= 0.6 is 0 Å². The highest BCUT2D eigenvalue weighted by molar-refractivity contribution is 5.70. The molecule has 1 aliphatic rings. The maximum Gasteiger partial charge on any atom is 0.261 e. The molecule has 1 fully saturated rings. The van der Waals surface area contributed by atoms with Gasteiger partial charge < -0.3 is 14.2 Å². The lowest BCUT2D eigenvalue weighted by Crippen LogP contribution is -2.25. The van der Waals surface area contributed by atoms with E-state index in [1.807, 2.05) is 24.3 Å². The molecule has 4 heterocycles. The molecule has 7 nitrogen and oxygen atoms in total. The third-order valence-electron chi connectivity index (χ3n) is 3.93. The van der Waals surface area contributed by atoms with Crippen LogP contribution in [-0.2, 0) is 0 Å². The van der Waals surface area contributed by atoms with E-state index in [9.17, 15) is 0 Å². The maximum absolute atomic E-state index is 5.99. The standard InChI is InChI=1S/C17H17N5O2/c1-12-20-17(24-21-12)15-5-3-8-19-16(15)22-9-6-14(11-22)23-13-4-2-7-18-10-13/h2-5,7-8,10,14H,6,9,11H2,1H3/t14-/m1/s1. The first-order valence-corrected chi connectivity index (χ1v) is 7.87. The van der Waals surface area contributed by atoms with Gasteiger partial charge in [0.15, 0.2) is 5.82 Å². The summed E-state index contributed by atoms with van der Waals surface area (Å²) in [5.41, 5.74) is 0.847. The Morgan fingerprint density at radius 3 is 2.96 bits per heavy atom. The van der Waals surface area contributed by atoms with Gasteiger partial charge in [0.1, 0.15) is 17.7 Å². The van der Waals surface area contributed by atoms with Crippen molar-refractivity contribution < 1.29 is 9.26 Å². The molecule has 24 heavy (non-hydrogen) atoms. The summed E-state index contributed by atoms with van der Waals surface area (Å²) in [5.74, 6) is 2.74. The molecule has 7 heteroatoms. The van der Waals surface area contributed by atoms with E-state index in [0.29, 0.717) is 11.7 Å². The molecule has 4 rings (SSSR count). The normalized spacial score (nSPS) is 17.2. The Kier molecular flexibility index (Phi) is 3.82. The predicted octanol–water partition coefficient (Wildman–Crippen LogP) is 2.49. The number of anilines is 1. The number of nitrogens with zero attached hydrogens (tertiary/aromatic N) is 5. The van der Waals surface area contributed by atoms with Crippen molar-refractivity contribution in [3.8, 4) is 17.2 Å². The van der Waals surface area contributed by atoms with Crippen LogP contribution in [0.25, 0.3) is 11.5 Å². The zero-order valence-electron chi connectivity index (χ0n) is 13.3. The summed E-state index contributed by atoms with van der Waals surface area (Å²) < 4.78 is 11.3. The molecule has 122 valence electrons. The molecule has 3 aromatic heterocycles. The first-order chi connectivity index (χ1) is 11.8. The lowest BCUT2D eigenvalue weighted by Gasteiger charge is -2.19. The third kappa shape index (κ3) is 2.92. The van der Waals surface area contributed by atoms with E-state index in [1.165, 1.54) is 0 Å². The minimum Gasteiger partial charge on any atom is -0.487 e. The quantitative estimate of drug-likeness (QED) is 0.730. The SMILES string of the molecule is Cc1noc(-c2cccnc2N2CC[C@@H](Oc3cccnc3)C2)n1. The Morgan fingerprint density at radius 2 is 2.17 bits per heavy atom. The van der Waals surface area contributed by atoms with Crippen LogP contribution in [-0.4, -0.2) is 39.3 Å². The van der Waals surface area contributed by atoms with Crippen LogP contribution in [0.3, 0.4) is 0 Å². The minimum atomic E-state index is 0.105. The minimum absolute atomic E-state index is 0.105. The van der Waals surface area contributed by atoms with Gasteiger partial charge in [-0.15, -0.1) is 0 Å². The lowest BCUT2D eigenvalue weighted by atomic mass is 10.2. The van der Waals surface area contributed by atoms with E-state index in [4.69, 9.17) is 9.26 Å². The van der Waals surface area contributed by atoms with Crippen LogP contribution in [0, 0.1) is 6.92 Å². The molecule has 0 aliphatic carbocycles. The van der Waals surface area contributed by atoms with Crippen LogP contribution in [0.4, 0.5) is 5.82 Å². The molecule has 0 aromatic carbocycles. The molecule has 0 spiro atoms. The van der Waals surface area contributed by atoms with Gasteiger partial charge in [0.2, 0.25) is 0 Å². The Hall–Kier alpha value is -2.96. The fourth-order valence-corrected chi connectivity index (χ4v) is 2.85. The van der Waals surface area contributed by atoms with E-state index < -0.39 is 0 Å². The van der Waals surface area contributed by atoms with Gasteiger partial charge in [-0.2, -0.15) is 4.98 Å². The summed E-state index contributed by atoms with van der Waals surface area (Å²) in [5, 5.41) is 3.87. The van der Waals surface area contributed by atoms with Gasteiger partial charge in [-0.05, 0) is 31.2 Å². The molecule has 0 radical (unpaired) electrons. The Labute approximate surface area is 139 Å². The summed E-state index contributed by atoms with van der Waals surface area (Å²) in [6.45, 7) is 3.42. The van der Waals surface area contributed by atoms with Crippen molar-refractivity contribution in [3.63, 3.8) is 0 Å². The maximum atomic E-state index is 5.99. The Bertz CT molecular complexity index is 821. The highest BCUT2D eigenvalue weighted by Gasteiger charge is 2.28. The largest absolute Gasteiger partial charge is 0.487 e. The van der Waals surface area contributed by atoms with Crippen LogP contribution in [0.5, 0.6) is 5.75 Å². The van der Waals surface area contributed by atoms with E-state index >= 15 is 0 Å². The topological polar surface area (TPSA) is 77.2 Å². The second-order valence-electron chi connectivity index (χ2n) is 5.68. The van der Waals surface area contributed by atoms with Gasteiger partial charge in [0, 0.05) is 25.4 Å². The summed E-state index contributed by atoms with van der Waals surface area (Å²) in [6.07, 6.45) is 6.27. The Balaban J connectivity index is 1.53. The molecular weight excluding hydrogens is 306 g/mol. The first-order valence-electron chi connectivity index (χ1n) is 7.87. The smallest absolute Gasteiger partial charge is 0.261 e. The monoisotopic (exact) mass is 323 g/mol. The zero-order valence-corrected chi connectivity index (χ0v) is 13.3. The zero-order chi connectivity index (χ0) is 16.4. The van der Waals surface area contributed by atoms with Gasteiger partial charge in [-0.3, -0.25) is 4.98 Å². The van der Waals surface area contributed by atoms with Crippen LogP contribution in [0.1, 0.15) is 12.2 Å². The predicted molar refractivity (Wildman–Crippen MR) is 87.7 cm³/mol. The van der Waals surface area contributed by atoms with Crippen molar-refractivity contribution in [2.75, 3.05) is 18.0 Å². The number of aromatic nitrogens is 4. The van der Waals surface area contributed by atoms with Crippen molar-refractivity contribution in [3.05, 3.63) is 48.7 Å². The van der Waals surface area contributed by atoms with Crippen LogP contribution in [0.2, 0.25) is 0 Å². The second-order valence-corrected chi connectivity index (χ2v) is 5.68. The van der Waals surface area contributed by atoms with Crippen LogP contribution in [0.15, 0.2) is 47.4 Å². The van der Waals surface area contributed by atoms with Crippen LogP contribution < -0.4 is 9.64 Å². The summed E-state index contributed by atoms with van der Waals surface area (Å²) in [4.78, 5) is 15.1. The van der Waals surface area contributed by atoms with E-state index in [0.717, 1.165) is 36.6 Å². The molecule has 0 unspecified atom stereocenters. The number of pyridine rings is 2. The second kappa shape index (κ2) is 6.27. The summed E-state index contributed by atoms with van der Waals surface area (Å²) >= 11 is 0. The Morgan fingerprint density at radius 1 is 1.25 bits per heavy atom. The van der Waals surface area contributed by atoms with Gasteiger partial charge in [0.05, 0.1) is 18.3 Å². The third-order valence-corrected chi connectivity index (χ3v) is 3.93. The van der Waals surface area contributed by atoms with Crippen molar-refractivity contribution in [1.29, 1.82) is 0 Å². The van der Waals surface area contributed by atoms with Gasteiger partial charge in [-0.1, -0.05) is 5.16 Å². The number of ether oxygens (including phenoxy) is 1. The average molecular weight is 323 g/mol.